The van der Waals surface area contributed by atoms with Crippen LogP contribution in [0.1, 0.15) is 29.0 Å². The van der Waals surface area contributed by atoms with Crippen LogP contribution in [0.3, 0.4) is 0 Å². The maximum atomic E-state index is 10.6. The zero-order valence-electron chi connectivity index (χ0n) is 17.3. The van der Waals surface area contributed by atoms with Crippen LogP contribution in [0.15, 0.2) is 84.9 Å². The van der Waals surface area contributed by atoms with E-state index in [0.29, 0.717) is 13.2 Å². The Morgan fingerprint density at radius 3 is 2.10 bits per heavy atom. The Morgan fingerprint density at radius 2 is 1.53 bits per heavy atom. The van der Waals surface area contributed by atoms with E-state index in [9.17, 15) is 5.11 Å². The highest BCUT2D eigenvalue weighted by atomic mass is 16.5. The minimum absolute atomic E-state index is 0.00781. The summed E-state index contributed by atoms with van der Waals surface area (Å²) in [4.78, 5) is 0. The van der Waals surface area contributed by atoms with E-state index in [2.05, 4.69) is 53.8 Å². The van der Waals surface area contributed by atoms with Crippen LogP contribution in [0.25, 0.3) is 0 Å². The first kappa shape index (κ1) is 20.6. The molecule has 3 atom stereocenters. The standard InChI is InChI=1S/C26H29NO3/c1-29-22-14-12-19(13-15-22)17-27-23-16-25(30-18-24(23)28)26(20-8-4-2-5-9-20)21-10-6-3-7-11-21/h2-15,23-28H,16-18H2,1H3/t23?,24-,25+/m1/s1. The Hall–Kier alpha value is -2.66. The van der Waals surface area contributed by atoms with Crippen molar-refractivity contribution in [2.75, 3.05) is 13.7 Å². The number of hydrogen-bond donors (Lipinski definition) is 2. The van der Waals surface area contributed by atoms with E-state index in [1.807, 2.05) is 36.4 Å². The molecule has 3 aromatic rings. The molecule has 3 aromatic carbocycles. The fraction of sp³-hybridized carbons (Fsp3) is 0.308. The normalized spacial score (nSPS) is 21.5. The number of methoxy groups -OCH3 is 1. The lowest BCUT2D eigenvalue weighted by Gasteiger charge is -2.38. The van der Waals surface area contributed by atoms with Crippen molar-refractivity contribution in [1.29, 1.82) is 0 Å². The van der Waals surface area contributed by atoms with Gasteiger partial charge in [-0.3, -0.25) is 0 Å². The van der Waals surface area contributed by atoms with E-state index in [1.54, 1.807) is 7.11 Å². The molecule has 0 aromatic heterocycles. The summed E-state index contributed by atoms with van der Waals surface area (Å²) < 4.78 is 11.4. The predicted octanol–water partition coefficient (Wildman–Crippen LogP) is 4.14. The van der Waals surface area contributed by atoms with Crippen molar-refractivity contribution in [3.05, 3.63) is 102 Å². The smallest absolute Gasteiger partial charge is 0.118 e. The van der Waals surface area contributed by atoms with Gasteiger partial charge in [-0.1, -0.05) is 72.8 Å². The Balaban J connectivity index is 1.49. The lowest BCUT2D eigenvalue weighted by molar-refractivity contribution is -0.0791. The van der Waals surface area contributed by atoms with E-state index < -0.39 is 6.10 Å². The van der Waals surface area contributed by atoms with Gasteiger partial charge in [-0.05, 0) is 35.2 Å². The van der Waals surface area contributed by atoms with Crippen LogP contribution in [0, 0.1) is 0 Å². The van der Waals surface area contributed by atoms with Gasteiger partial charge in [-0.25, -0.2) is 0 Å². The number of benzene rings is 3. The number of aliphatic hydroxyl groups excluding tert-OH is 1. The van der Waals surface area contributed by atoms with Crippen molar-refractivity contribution >= 4 is 0 Å². The Kier molecular flexibility index (Phi) is 6.80. The molecule has 1 saturated heterocycles. The Morgan fingerprint density at radius 1 is 0.933 bits per heavy atom. The summed E-state index contributed by atoms with van der Waals surface area (Å²) >= 11 is 0. The molecule has 4 nitrogen and oxygen atoms in total. The van der Waals surface area contributed by atoms with Crippen LogP contribution in [0.2, 0.25) is 0 Å². The van der Waals surface area contributed by atoms with Crippen LogP contribution >= 0.6 is 0 Å². The topological polar surface area (TPSA) is 50.7 Å². The highest BCUT2D eigenvalue weighted by Crippen LogP contribution is 2.34. The second kappa shape index (κ2) is 9.90. The second-order valence-corrected chi connectivity index (χ2v) is 7.81. The molecule has 2 N–H and O–H groups in total. The van der Waals surface area contributed by atoms with E-state index in [4.69, 9.17) is 9.47 Å². The monoisotopic (exact) mass is 403 g/mol. The van der Waals surface area contributed by atoms with Gasteiger partial charge in [-0.2, -0.15) is 0 Å². The summed E-state index contributed by atoms with van der Waals surface area (Å²) in [5.74, 6) is 0.976. The number of aliphatic hydroxyl groups is 1. The molecule has 4 rings (SSSR count). The molecule has 156 valence electrons. The lowest BCUT2D eigenvalue weighted by atomic mass is 9.82. The summed E-state index contributed by atoms with van der Waals surface area (Å²) in [5, 5.41) is 14.1. The first-order valence-corrected chi connectivity index (χ1v) is 10.5. The van der Waals surface area contributed by atoms with Gasteiger partial charge in [0.1, 0.15) is 5.75 Å². The SMILES string of the molecule is COc1ccc(CNC2C[C@@H](C(c3ccccc3)c3ccccc3)OC[C@H]2O)cc1. The van der Waals surface area contributed by atoms with Gasteiger partial charge in [0.25, 0.3) is 0 Å². The molecular weight excluding hydrogens is 374 g/mol. The zero-order valence-corrected chi connectivity index (χ0v) is 17.3. The molecule has 1 heterocycles. The number of rotatable bonds is 7. The summed E-state index contributed by atoms with van der Waals surface area (Å²) in [5.41, 5.74) is 3.63. The van der Waals surface area contributed by atoms with E-state index >= 15 is 0 Å². The Bertz CT molecular complexity index is 859. The third-order valence-corrected chi connectivity index (χ3v) is 5.85. The summed E-state index contributed by atoms with van der Waals surface area (Å²) in [7, 11) is 1.67. The predicted molar refractivity (Wildman–Crippen MR) is 119 cm³/mol. The number of nitrogens with one attached hydrogen (secondary N) is 1. The highest BCUT2D eigenvalue weighted by molar-refractivity contribution is 5.34. The molecule has 1 unspecified atom stereocenters. The highest BCUT2D eigenvalue weighted by Gasteiger charge is 2.35. The van der Waals surface area contributed by atoms with Crippen LogP contribution in [-0.4, -0.2) is 37.1 Å². The van der Waals surface area contributed by atoms with Crippen LogP contribution < -0.4 is 10.1 Å². The first-order valence-electron chi connectivity index (χ1n) is 10.5. The average molecular weight is 404 g/mol. The third-order valence-electron chi connectivity index (χ3n) is 5.85. The maximum Gasteiger partial charge on any atom is 0.118 e. The first-order chi connectivity index (χ1) is 14.7. The van der Waals surface area contributed by atoms with Gasteiger partial charge >= 0.3 is 0 Å². The average Bonchev–Trinajstić information content (AvgIpc) is 2.81. The molecule has 1 aliphatic rings. The van der Waals surface area contributed by atoms with Crippen LogP contribution in [0.4, 0.5) is 0 Å². The van der Waals surface area contributed by atoms with Crippen LogP contribution in [0.5, 0.6) is 5.75 Å². The molecule has 0 spiro atoms. The van der Waals surface area contributed by atoms with Gasteiger partial charge in [0.2, 0.25) is 0 Å². The minimum Gasteiger partial charge on any atom is -0.497 e. The van der Waals surface area contributed by atoms with Gasteiger partial charge in [-0.15, -0.1) is 0 Å². The fourth-order valence-electron chi connectivity index (χ4n) is 4.20. The molecule has 0 aliphatic carbocycles. The molecule has 4 heteroatoms. The van der Waals surface area contributed by atoms with Gasteiger partial charge in [0, 0.05) is 18.5 Å². The molecule has 0 bridgehead atoms. The number of hydrogen-bond acceptors (Lipinski definition) is 4. The molecule has 0 amide bonds. The van der Waals surface area contributed by atoms with Crippen molar-refractivity contribution in [2.45, 2.75) is 37.1 Å². The van der Waals surface area contributed by atoms with Gasteiger partial charge in [0.15, 0.2) is 0 Å². The fourth-order valence-corrected chi connectivity index (χ4v) is 4.20. The van der Waals surface area contributed by atoms with Crippen molar-refractivity contribution in [3.63, 3.8) is 0 Å². The van der Waals surface area contributed by atoms with Gasteiger partial charge < -0.3 is 19.9 Å². The van der Waals surface area contributed by atoms with E-state index in [0.717, 1.165) is 17.7 Å². The van der Waals surface area contributed by atoms with Crippen LogP contribution in [-0.2, 0) is 11.3 Å². The number of ether oxygens (including phenoxy) is 2. The summed E-state index contributed by atoms with van der Waals surface area (Å²) in [6.45, 7) is 1.03. The van der Waals surface area contributed by atoms with E-state index in [1.165, 1.54) is 11.1 Å². The molecule has 0 saturated carbocycles. The minimum atomic E-state index is -0.522. The van der Waals surface area contributed by atoms with E-state index in [-0.39, 0.29) is 18.1 Å². The van der Waals surface area contributed by atoms with Crippen molar-refractivity contribution in [3.8, 4) is 5.75 Å². The molecule has 30 heavy (non-hydrogen) atoms. The molecule has 0 radical (unpaired) electrons. The maximum absolute atomic E-state index is 10.6. The second-order valence-electron chi connectivity index (χ2n) is 7.81. The van der Waals surface area contributed by atoms with Crippen molar-refractivity contribution in [2.24, 2.45) is 0 Å². The van der Waals surface area contributed by atoms with Crippen molar-refractivity contribution in [1.82, 2.24) is 5.32 Å². The van der Waals surface area contributed by atoms with Gasteiger partial charge in [0.05, 0.1) is 25.9 Å². The quantitative estimate of drug-likeness (QED) is 0.623. The molecular formula is C26H29NO3. The third kappa shape index (κ3) is 4.90. The zero-order chi connectivity index (χ0) is 20.8. The largest absolute Gasteiger partial charge is 0.497 e. The lowest BCUT2D eigenvalue weighted by Crippen LogP contribution is -2.50. The van der Waals surface area contributed by atoms with Crippen molar-refractivity contribution < 1.29 is 14.6 Å². The Labute approximate surface area is 178 Å². The summed E-state index contributed by atoms with van der Waals surface area (Å²) in [6.07, 6.45) is 0.212. The molecule has 1 fully saturated rings. The summed E-state index contributed by atoms with van der Waals surface area (Å²) in [6, 6.07) is 29.0. The molecule has 1 aliphatic heterocycles.